The Bertz CT molecular complexity index is 265. The molecule has 0 aliphatic rings. The van der Waals surface area contributed by atoms with Crippen molar-refractivity contribution in [2.24, 2.45) is 0 Å². The van der Waals surface area contributed by atoms with Crippen LogP contribution in [0.2, 0.25) is 0 Å². The van der Waals surface area contributed by atoms with Gasteiger partial charge in [-0.05, 0) is 12.8 Å². The van der Waals surface area contributed by atoms with Crippen molar-refractivity contribution in [3.63, 3.8) is 0 Å². The summed E-state index contributed by atoms with van der Waals surface area (Å²) in [5.74, 6) is -0.472. The second-order valence-electron chi connectivity index (χ2n) is 3.64. The number of likely N-dealkylation sites (N-methyl/N-ethyl adjacent to an activating group) is 1. The quantitative estimate of drug-likeness (QED) is 0.390. The molecular formula is C12H21NO4. The first-order valence-corrected chi connectivity index (χ1v) is 5.66. The zero-order chi connectivity index (χ0) is 13.3. The molecule has 5 heteroatoms. The van der Waals surface area contributed by atoms with Crippen LogP contribution in [0.1, 0.15) is 26.2 Å². The van der Waals surface area contributed by atoms with Crippen LogP contribution in [-0.4, -0.2) is 43.8 Å². The molecule has 0 spiro atoms. The highest BCUT2D eigenvalue weighted by Gasteiger charge is 2.27. The van der Waals surface area contributed by atoms with Gasteiger partial charge in [-0.2, -0.15) is 0 Å². The Labute approximate surface area is 102 Å². The lowest BCUT2D eigenvalue weighted by atomic mass is 10.2. The van der Waals surface area contributed by atoms with Gasteiger partial charge in [-0.15, -0.1) is 6.58 Å². The lowest BCUT2D eigenvalue weighted by Gasteiger charge is -2.24. The van der Waals surface area contributed by atoms with E-state index >= 15 is 0 Å². The van der Waals surface area contributed by atoms with Crippen molar-refractivity contribution in [1.82, 2.24) is 4.90 Å². The van der Waals surface area contributed by atoms with Crippen molar-refractivity contribution in [3.05, 3.63) is 12.7 Å². The molecular weight excluding hydrogens is 222 g/mol. The lowest BCUT2D eigenvalue weighted by molar-refractivity contribution is -0.145. The fourth-order valence-electron chi connectivity index (χ4n) is 1.24. The van der Waals surface area contributed by atoms with E-state index < -0.39 is 18.1 Å². The number of methoxy groups -OCH3 is 1. The number of ether oxygens (including phenoxy) is 2. The van der Waals surface area contributed by atoms with Crippen LogP contribution in [-0.2, 0) is 14.3 Å². The predicted octanol–water partition coefficient (Wildman–Crippen LogP) is 1.97. The molecule has 0 unspecified atom stereocenters. The molecule has 0 aliphatic carbocycles. The maximum atomic E-state index is 11.6. The van der Waals surface area contributed by atoms with Gasteiger partial charge in [0.05, 0.1) is 13.7 Å². The third-order valence-electron chi connectivity index (χ3n) is 2.34. The van der Waals surface area contributed by atoms with Gasteiger partial charge in [-0.3, -0.25) is 4.90 Å². The van der Waals surface area contributed by atoms with E-state index in [1.807, 2.05) is 6.92 Å². The molecule has 0 aromatic heterocycles. The molecule has 0 rings (SSSR count). The SMILES string of the molecule is C=CC[C@@H](C(=O)OC)N(C)C(=O)OCCCC. The Balaban J connectivity index is 4.38. The van der Waals surface area contributed by atoms with Crippen molar-refractivity contribution in [2.75, 3.05) is 20.8 Å². The van der Waals surface area contributed by atoms with Gasteiger partial charge in [0, 0.05) is 7.05 Å². The number of unbranched alkanes of at least 4 members (excludes halogenated alkanes) is 1. The van der Waals surface area contributed by atoms with Crippen LogP contribution < -0.4 is 0 Å². The molecule has 17 heavy (non-hydrogen) atoms. The van der Waals surface area contributed by atoms with Crippen molar-refractivity contribution < 1.29 is 19.1 Å². The highest BCUT2D eigenvalue weighted by molar-refractivity contribution is 5.81. The van der Waals surface area contributed by atoms with Crippen LogP contribution in [0.3, 0.4) is 0 Å². The Morgan fingerprint density at radius 3 is 2.59 bits per heavy atom. The van der Waals surface area contributed by atoms with E-state index in [0.717, 1.165) is 12.8 Å². The minimum absolute atomic E-state index is 0.339. The average molecular weight is 243 g/mol. The van der Waals surface area contributed by atoms with Crippen molar-refractivity contribution >= 4 is 12.1 Å². The number of hydrogen-bond donors (Lipinski definition) is 0. The van der Waals surface area contributed by atoms with E-state index in [2.05, 4.69) is 11.3 Å². The van der Waals surface area contributed by atoms with E-state index in [0.29, 0.717) is 13.0 Å². The van der Waals surface area contributed by atoms with Gasteiger partial charge in [0.2, 0.25) is 0 Å². The molecule has 0 saturated carbocycles. The van der Waals surface area contributed by atoms with Gasteiger partial charge >= 0.3 is 12.1 Å². The van der Waals surface area contributed by atoms with Crippen LogP contribution in [0.4, 0.5) is 4.79 Å². The Hall–Kier alpha value is -1.52. The summed E-state index contributed by atoms with van der Waals surface area (Å²) in [6.45, 7) is 5.92. The minimum Gasteiger partial charge on any atom is -0.467 e. The van der Waals surface area contributed by atoms with E-state index in [1.165, 1.54) is 19.1 Å². The molecule has 0 saturated heterocycles. The maximum Gasteiger partial charge on any atom is 0.410 e. The zero-order valence-corrected chi connectivity index (χ0v) is 10.8. The number of hydrogen-bond acceptors (Lipinski definition) is 4. The summed E-state index contributed by atoms with van der Waals surface area (Å²) in [4.78, 5) is 24.3. The third kappa shape index (κ3) is 5.38. The molecule has 5 nitrogen and oxygen atoms in total. The van der Waals surface area contributed by atoms with Gasteiger partial charge in [0.25, 0.3) is 0 Å². The van der Waals surface area contributed by atoms with E-state index in [1.54, 1.807) is 6.08 Å². The first-order chi connectivity index (χ1) is 8.08. The molecule has 0 fully saturated rings. The van der Waals surface area contributed by atoms with Crippen molar-refractivity contribution in [2.45, 2.75) is 32.2 Å². The second-order valence-corrected chi connectivity index (χ2v) is 3.64. The van der Waals surface area contributed by atoms with Crippen molar-refractivity contribution in [3.8, 4) is 0 Å². The first kappa shape index (κ1) is 15.5. The minimum atomic E-state index is -0.674. The van der Waals surface area contributed by atoms with Crippen LogP contribution in [0, 0.1) is 0 Å². The van der Waals surface area contributed by atoms with Gasteiger partial charge in [-0.1, -0.05) is 19.4 Å². The molecule has 1 atom stereocenters. The number of rotatable bonds is 7. The van der Waals surface area contributed by atoms with Crippen LogP contribution in [0.15, 0.2) is 12.7 Å². The van der Waals surface area contributed by atoms with Crippen LogP contribution in [0.25, 0.3) is 0 Å². The normalized spacial score (nSPS) is 11.5. The summed E-state index contributed by atoms with van der Waals surface area (Å²) < 4.78 is 9.64. The number of carbonyl (C=O) groups is 2. The maximum absolute atomic E-state index is 11.6. The predicted molar refractivity (Wildman–Crippen MR) is 64.6 cm³/mol. The summed E-state index contributed by atoms with van der Waals surface area (Å²) in [7, 11) is 2.80. The second kappa shape index (κ2) is 8.61. The first-order valence-electron chi connectivity index (χ1n) is 5.66. The molecule has 0 aliphatic heterocycles. The van der Waals surface area contributed by atoms with E-state index in [9.17, 15) is 9.59 Å². The third-order valence-corrected chi connectivity index (χ3v) is 2.34. The Morgan fingerprint density at radius 1 is 1.47 bits per heavy atom. The highest BCUT2D eigenvalue weighted by Crippen LogP contribution is 2.07. The van der Waals surface area contributed by atoms with Crippen molar-refractivity contribution in [1.29, 1.82) is 0 Å². The molecule has 0 aromatic rings. The molecule has 0 heterocycles. The average Bonchev–Trinajstić information content (AvgIpc) is 2.34. The molecule has 0 radical (unpaired) electrons. The molecule has 1 amide bonds. The summed E-state index contributed by atoms with van der Waals surface area (Å²) in [5, 5.41) is 0. The Morgan fingerprint density at radius 2 is 2.12 bits per heavy atom. The standard InChI is InChI=1S/C12H21NO4/c1-5-7-9-17-12(15)13(3)10(8-6-2)11(14)16-4/h6,10H,2,5,7-9H2,1,3-4H3/t10-/m0/s1. The zero-order valence-electron chi connectivity index (χ0n) is 10.8. The monoisotopic (exact) mass is 243 g/mol. The fraction of sp³-hybridized carbons (Fsp3) is 0.667. The largest absolute Gasteiger partial charge is 0.467 e. The number of esters is 1. The van der Waals surface area contributed by atoms with Crippen LogP contribution in [0.5, 0.6) is 0 Å². The topological polar surface area (TPSA) is 55.8 Å². The smallest absolute Gasteiger partial charge is 0.410 e. The van der Waals surface area contributed by atoms with Gasteiger partial charge in [-0.25, -0.2) is 9.59 Å². The molecule has 0 aromatic carbocycles. The number of amides is 1. The lowest BCUT2D eigenvalue weighted by Crippen LogP contribution is -2.43. The van der Waals surface area contributed by atoms with Gasteiger partial charge in [0.1, 0.15) is 6.04 Å². The molecule has 0 N–H and O–H groups in total. The Kier molecular flexibility index (Phi) is 7.84. The van der Waals surface area contributed by atoms with Gasteiger partial charge < -0.3 is 9.47 Å². The fourth-order valence-corrected chi connectivity index (χ4v) is 1.24. The van der Waals surface area contributed by atoms with E-state index in [-0.39, 0.29) is 0 Å². The number of carbonyl (C=O) groups excluding carboxylic acids is 2. The molecule has 98 valence electrons. The molecule has 0 bridgehead atoms. The summed E-state index contributed by atoms with van der Waals surface area (Å²) in [6.07, 6.45) is 3.15. The van der Waals surface area contributed by atoms with Crippen LogP contribution >= 0.6 is 0 Å². The summed E-state index contributed by atoms with van der Waals surface area (Å²) in [6, 6.07) is -0.674. The van der Waals surface area contributed by atoms with E-state index in [4.69, 9.17) is 4.74 Å². The highest BCUT2D eigenvalue weighted by atomic mass is 16.6. The van der Waals surface area contributed by atoms with Gasteiger partial charge in [0.15, 0.2) is 0 Å². The summed E-state index contributed by atoms with van der Waals surface area (Å²) >= 11 is 0. The summed E-state index contributed by atoms with van der Waals surface area (Å²) in [5.41, 5.74) is 0. The number of nitrogens with zero attached hydrogens (tertiary/aromatic N) is 1.